The average molecular weight is 433 g/mol. The third kappa shape index (κ3) is 4.06. The number of amides is 2. The van der Waals surface area contributed by atoms with Crippen LogP contribution in [0.5, 0.6) is 0 Å². The molecule has 2 aliphatic rings. The molecule has 7 nitrogen and oxygen atoms in total. The van der Waals surface area contributed by atoms with Crippen molar-refractivity contribution in [2.75, 3.05) is 29.9 Å². The Morgan fingerprint density at radius 1 is 1.23 bits per heavy atom. The molecule has 0 spiro atoms. The highest BCUT2D eigenvalue weighted by Gasteiger charge is 2.41. The number of urea groups is 1. The zero-order valence-electron chi connectivity index (χ0n) is 17.0. The standard InChI is InChI=1S/C21H22F3N5O2/c1-27-16-12-25-17(8-7-14-5-4-6-15(11-14)21(22,23)24)26-19(16)29(18(27)13-30)20(31)28-9-2-3-10-28/h4-6,11-13,18H,2-3,7-10H2,1H3. The Hall–Kier alpha value is -3.17. The Balaban J connectivity index is 1.57. The minimum Gasteiger partial charge on any atom is -0.344 e. The highest BCUT2D eigenvalue weighted by atomic mass is 19.4. The van der Waals surface area contributed by atoms with Gasteiger partial charge in [-0.05, 0) is 30.9 Å². The number of fused-ring (bicyclic) bond motifs is 1. The minimum atomic E-state index is -4.40. The zero-order chi connectivity index (χ0) is 22.2. The van der Waals surface area contributed by atoms with E-state index in [9.17, 15) is 22.8 Å². The van der Waals surface area contributed by atoms with Crippen LogP contribution in [0.1, 0.15) is 29.8 Å². The molecule has 1 atom stereocenters. The van der Waals surface area contributed by atoms with Gasteiger partial charge in [0.15, 0.2) is 18.3 Å². The Morgan fingerprint density at radius 3 is 2.65 bits per heavy atom. The van der Waals surface area contributed by atoms with Gasteiger partial charge in [0.2, 0.25) is 0 Å². The summed E-state index contributed by atoms with van der Waals surface area (Å²) >= 11 is 0. The zero-order valence-corrected chi connectivity index (χ0v) is 17.0. The molecule has 10 heteroatoms. The van der Waals surface area contributed by atoms with E-state index in [1.54, 1.807) is 29.1 Å². The summed E-state index contributed by atoms with van der Waals surface area (Å²) in [5.41, 5.74) is 0.386. The predicted molar refractivity (Wildman–Crippen MR) is 108 cm³/mol. The number of likely N-dealkylation sites (tertiary alicyclic amines) is 1. The minimum absolute atomic E-state index is 0.275. The lowest BCUT2D eigenvalue weighted by Crippen LogP contribution is -2.51. The molecule has 1 aromatic heterocycles. The lowest BCUT2D eigenvalue weighted by molar-refractivity contribution is -0.137. The average Bonchev–Trinajstić information content (AvgIpc) is 3.38. The summed E-state index contributed by atoms with van der Waals surface area (Å²) in [4.78, 5) is 38.3. The summed E-state index contributed by atoms with van der Waals surface area (Å²) in [5.74, 6) is 0.751. The maximum absolute atomic E-state index is 13.0. The number of benzene rings is 1. The number of likely N-dealkylation sites (N-methyl/N-ethyl adjacent to an activating group) is 1. The summed E-state index contributed by atoms with van der Waals surface area (Å²) < 4.78 is 38.8. The van der Waals surface area contributed by atoms with E-state index in [2.05, 4.69) is 9.97 Å². The van der Waals surface area contributed by atoms with Gasteiger partial charge in [-0.2, -0.15) is 13.2 Å². The number of alkyl halides is 3. The van der Waals surface area contributed by atoms with Crippen molar-refractivity contribution in [2.45, 2.75) is 38.0 Å². The number of carbonyl (C=O) groups excluding carboxylic acids is 2. The Labute approximate surface area is 177 Å². The molecule has 2 amide bonds. The van der Waals surface area contributed by atoms with E-state index in [0.717, 1.165) is 25.0 Å². The molecule has 0 aliphatic carbocycles. The largest absolute Gasteiger partial charge is 0.416 e. The second kappa shape index (κ2) is 8.16. The highest BCUT2D eigenvalue weighted by molar-refractivity contribution is 6.02. The van der Waals surface area contributed by atoms with Crippen molar-refractivity contribution in [2.24, 2.45) is 0 Å². The van der Waals surface area contributed by atoms with Crippen LogP contribution in [0.2, 0.25) is 0 Å². The van der Waals surface area contributed by atoms with E-state index in [0.29, 0.717) is 55.1 Å². The van der Waals surface area contributed by atoms with Crippen molar-refractivity contribution in [3.05, 3.63) is 47.4 Å². The van der Waals surface area contributed by atoms with Gasteiger partial charge < -0.3 is 9.80 Å². The third-order valence-corrected chi connectivity index (χ3v) is 5.67. The first-order chi connectivity index (χ1) is 14.8. The summed E-state index contributed by atoms with van der Waals surface area (Å²) in [5, 5.41) is 0. The van der Waals surface area contributed by atoms with Gasteiger partial charge in [-0.25, -0.2) is 19.7 Å². The number of aromatic nitrogens is 2. The molecular formula is C21H22F3N5O2. The van der Waals surface area contributed by atoms with Crippen LogP contribution in [0, 0.1) is 0 Å². The Morgan fingerprint density at radius 2 is 1.97 bits per heavy atom. The lowest BCUT2D eigenvalue weighted by Gasteiger charge is -2.28. The molecular weight excluding hydrogens is 411 g/mol. The molecule has 0 radical (unpaired) electrons. The molecule has 0 bridgehead atoms. The topological polar surface area (TPSA) is 69.6 Å². The van der Waals surface area contributed by atoms with E-state index >= 15 is 0 Å². The number of aldehydes is 1. The Kier molecular flexibility index (Phi) is 5.55. The quantitative estimate of drug-likeness (QED) is 0.693. The van der Waals surface area contributed by atoms with Gasteiger partial charge in [-0.15, -0.1) is 0 Å². The van der Waals surface area contributed by atoms with Gasteiger partial charge in [0.25, 0.3) is 0 Å². The molecule has 1 unspecified atom stereocenters. The molecule has 4 rings (SSSR count). The van der Waals surface area contributed by atoms with Gasteiger partial charge in [0, 0.05) is 26.6 Å². The van der Waals surface area contributed by atoms with E-state index < -0.39 is 17.9 Å². The number of aryl methyl sites for hydroxylation is 2. The van der Waals surface area contributed by atoms with Gasteiger partial charge >= 0.3 is 12.2 Å². The fourth-order valence-electron chi connectivity index (χ4n) is 3.97. The maximum atomic E-state index is 13.0. The summed E-state index contributed by atoms with van der Waals surface area (Å²) in [6.45, 7) is 1.26. The third-order valence-electron chi connectivity index (χ3n) is 5.67. The fraction of sp³-hybridized carbons (Fsp3) is 0.429. The lowest BCUT2D eigenvalue weighted by atomic mass is 10.1. The van der Waals surface area contributed by atoms with Crippen molar-refractivity contribution >= 4 is 23.8 Å². The molecule has 31 heavy (non-hydrogen) atoms. The maximum Gasteiger partial charge on any atom is 0.416 e. The van der Waals surface area contributed by atoms with Crippen LogP contribution in [0.3, 0.4) is 0 Å². The van der Waals surface area contributed by atoms with Crippen molar-refractivity contribution in [1.29, 1.82) is 0 Å². The van der Waals surface area contributed by atoms with Crippen LogP contribution in [-0.4, -0.2) is 53.5 Å². The molecule has 1 saturated heterocycles. The first-order valence-corrected chi connectivity index (χ1v) is 10.1. The van der Waals surface area contributed by atoms with Crippen molar-refractivity contribution in [3.8, 4) is 0 Å². The van der Waals surface area contributed by atoms with Crippen LogP contribution in [-0.2, 0) is 23.8 Å². The molecule has 2 aliphatic heterocycles. The number of hydrogen-bond acceptors (Lipinski definition) is 5. The normalized spacial score (nSPS) is 18.5. The summed E-state index contributed by atoms with van der Waals surface area (Å²) in [6, 6.07) is 4.88. The number of carbonyl (C=O) groups is 2. The highest BCUT2D eigenvalue weighted by Crippen LogP contribution is 2.37. The molecule has 1 aromatic carbocycles. The van der Waals surface area contributed by atoms with Crippen molar-refractivity contribution < 1.29 is 22.8 Å². The van der Waals surface area contributed by atoms with E-state index in [4.69, 9.17) is 0 Å². The number of anilines is 2. The van der Waals surface area contributed by atoms with Gasteiger partial charge in [-0.3, -0.25) is 4.79 Å². The Bertz CT molecular complexity index is 991. The van der Waals surface area contributed by atoms with Crippen LogP contribution in [0.15, 0.2) is 30.5 Å². The second-order valence-electron chi connectivity index (χ2n) is 7.70. The summed E-state index contributed by atoms with van der Waals surface area (Å²) in [6.07, 6.45) is -0.511. The smallest absolute Gasteiger partial charge is 0.344 e. The van der Waals surface area contributed by atoms with Gasteiger partial charge in [0.1, 0.15) is 11.5 Å². The van der Waals surface area contributed by atoms with E-state index in [-0.39, 0.29) is 6.03 Å². The van der Waals surface area contributed by atoms with Crippen LogP contribution >= 0.6 is 0 Å². The fourth-order valence-corrected chi connectivity index (χ4v) is 3.97. The summed E-state index contributed by atoms with van der Waals surface area (Å²) in [7, 11) is 1.70. The van der Waals surface area contributed by atoms with Crippen LogP contribution in [0.25, 0.3) is 0 Å². The number of rotatable bonds is 4. The molecule has 0 N–H and O–H groups in total. The number of hydrogen-bond donors (Lipinski definition) is 0. The van der Waals surface area contributed by atoms with E-state index in [1.165, 1.54) is 11.0 Å². The molecule has 3 heterocycles. The molecule has 2 aromatic rings. The number of nitrogens with zero attached hydrogens (tertiary/aromatic N) is 5. The first kappa shape index (κ1) is 21.1. The van der Waals surface area contributed by atoms with E-state index in [1.807, 2.05) is 0 Å². The molecule has 0 saturated carbocycles. The van der Waals surface area contributed by atoms with Crippen LogP contribution in [0.4, 0.5) is 29.5 Å². The SMILES string of the molecule is CN1c2cnc(CCc3cccc(C(F)(F)F)c3)nc2N(C(=O)N2CCCC2)C1C=O. The molecule has 1 fully saturated rings. The molecule has 164 valence electrons. The van der Waals surface area contributed by atoms with Crippen molar-refractivity contribution in [1.82, 2.24) is 14.9 Å². The van der Waals surface area contributed by atoms with Crippen molar-refractivity contribution in [3.63, 3.8) is 0 Å². The predicted octanol–water partition coefficient (Wildman–Crippen LogP) is 3.28. The monoisotopic (exact) mass is 433 g/mol. The van der Waals surface area contributed by atoms with Crippen LogP contribution < -0.4 is 9.80 Å². The number of halogens is 3. The van der Waals surface area contributed by atoms with Gasteiger partial charge in [0.05, 0.1) is 11.8 Å². The van der Waals surface area contributed by atoms with Gasteiger partial charge in [-0.1, -0.05) is 18.2 Å². The second-order valence-corrected chi connectivity index (χ2v) is 7.70. The first-order valence-electron chi connectivity index (χ1n) is 10.1.